The molecule has 1 aliphatic heterocycles. The normalized spacial score (nSPS) is 15.2. The number of piperazine rings is 1. The van der Waals surface area contributed by atoms with Crippen molar-refractivity contribution in [3.05, 3.63) is 96.1 Å². The second-order valence-electron chi connectivity index (χ2n) is 8.56. The Morgan fingerprint density at radius 2 is 1.33 bits per heavy atom. The van der Waals surface area contributed by atoms with E-state index in [0.717, 1.165) is 43.1 Å². The quantitative estimate of drug-likeness (QED) is 0.516. The van der Waals surface area contributed by atoms with Crippen LogP contribution in [0.5, 0.6) is 5.75 Å². The first kappa shape index (κ1) is 22.9. The summed E-state index contributed by atoms with van der Waals surface area (Å²) in [4.78, 5) is 20.3. The second kappa shape index (κ2) is 11.0. The number of hydrogen-bond acceptors (Lipinski definition) is 4. The minimum Gasteiger partial charge on any atom is -0.497 e. The van der Waals surface area contributed by atoms with Crippen molar-refractivity contribution in [1.82, 2.24) is 9.80 Å². The molecule has 0 spiro atoms. The molecule has 4 rings (SSSR count). The zero-order valence-electron chi connectivity index (χ0n) is 19.6. The van der Waals surface area contributed by atoms with E-state index in [1.54, 1.807) is 7.11 Å². The molecule has 0 aromatic heterocycles. The zero-order valence-corrected chi connectivity index (χ0v) is 19.6. The molecule has 33 heavy (non-hydrogen) atoms. The van der Waals surface area contributed by atoms with Crippen molar-refractivity contribution in [2.24, 2.45) is 0 Å². The maximum atomic E-state index is 13.6. The van der Waals surface area contributed by atoms with Gasteiger partial charge in [0.2, 0.25) is 5.91 Å². The number of carbonyl (C=O) groups is 1. The van der Waals surface area contributed by atoms with Crippen molar-refractivity contribution in [3.8, 4) is 5.75 Å². The zero-order chi connectivity index (χ0) is 23.0. The molecule has 3 aromatic carbocycles. The molecule has 1 atom stereocenters. The van der Waals surface area contributed by atoms with Crippen LogP contribution in [0.4, 0.5) is 5.69 Å². The minimum absolute atomic E-state index is 0.157. The monoisotopic (exact) mass is 443 g/mol. The van der Waals surface area contributed by atoms with Gasteiger partial charge in [0.1, 0.15) is 5.75 Å². The first-order chi connectivity index (χ1) is 16.1. The third-order valence-electron chi connectivity index (χ3n) is 6.40. The molecule has 0 radical (unpaired) electrons. The van der Waals surface area contributed by atoms with Crippen LogP contribution >= 0.6 is 0 Å². The summed E-state index contributed by atoms with van der Waals surface area (Å²) in [6.45, 7) is 6.82. The Morgan fingerprint density at radius 1 is 0.818 bits per heavy atom. The first-order valence-electron chi connectivity index (χ1n) is 11.6. The van der Waals surface area contributed by atoms with Crippen molar-refractivity contribution >= 4 is 11.6 Å². The fourth-order valence-electron chi connectivity index (χ4n) is 4.40. The molecule has 172 valence electrons. The smallest absolute Gasteiger partial charge is 0.240 e. The average Bonchev–Trinajstić information content (AvgIpc) is 2.89. The topological polar surface area (TPSA) is 36.0 Å². The Hall–Kier alpha value is -3.31. The van der Waals surface area contributed by atoms with Gasteiger partial charge in [-0.2, -0.15) is 0 Å². The maximum absolute atomic E-state index is 13.6. The lowest BCUT2D eigenvalue weighted by Crippen LogP contribution is -2.54. The van der Waals surface area contributed by atoms with Crippen LogP contribution in [0.15, 0.2) is 84.9 Å². The molecular weight excluding hydrogens is 410 g/mol. The van der Waals surface area contributed by atoms with Gasteiger partial charge in [-0.05, 0) is 42.3 Å². The summed E-state index contributed by atoms with van der Waals surface area (Å²) in [5.74, 6) is 1.05. The standard InChI is InChI=1S/C28H33N3O2/c1-23(29-17-19-30(20-18-29)26-13-15-27(33-2)16-14-26)28(32)31(21-24-9-5-3-6-10-24)22-25-11-7-4-8-12-25/h3-16,23H,17-22H2,1-2H3. The molecule has 3 aromatic rings. The highest BCUT2D eigenvalue weighted by atomic mass is 16.5. The van der Waals surface area contributed by atoms with E-state index in [9.17, 15) is 4.79 Å². The van der Waals surface area contributed by atoms with Crippen LogP contribution in [-0.4, -0.2) is 55.0 Å². The first-order valence-corrected chi connectivity index (χ1v) is 11.6. The third-order valence-corrected chi connectivity index (χ3v) is 6.40. The van der Waals surface area contributed by atoms with Crippen LogP contribution < -0.4 is 9.64 Å². The SMILES string of the molecule is COc1ccc(N2CCN(C(C)C(=O)N(Cc3ccccc3)Cc3ccccc3)CC2)cc1. The van der Waals surface area contributed by atoms with Crippen LogP contribution in [0.25, 0.3) is 0 Å². The van der Waals surface area contributed by atoms with Gasteiger partial charge >= 0.3 is 0 Å². The molecule has 0 bridgehead atoms. The Kier molecular flexibility index (Phi) is 7.63. The summed E-state index contributed by atoms with van der Waals surface area (Å²) >= 11 is 0. The van der Waals surface area contributed by atoms with Crippen molar-refractivity contribution in [3.63, 3.8) is 0 Å². The molecule has 5 heteroatoms. The number of anilines is 1. The van der Waals surface area contributed by atoms with Crippen molar-refractivity contribution in [2.75, 3.05) is 38.2 Å². The van der Waals surface area contributed by atoms with Crippen LogP contribution in [0, 0.1) is 0 Å². The molecule has 1 saturated heterocycles. The van der Waals surface area contributed by atoms with E-state index in [-0.39, 0.29) is 11.9 Å². The predicted octanol–water partition coefficient (Wildman–Crippen LogP) is 4.43. The third kappa shape index (κ3) is 5.93. The van der Waals surface area contributed by atoms with E-state index in [1.165, 1.54) is 5.69 Å². The number of hydrogen-bond donors (Lipinski definition) is 0. The van der Waals surface area contributed by atoms with E-state index < -0.39 is 0 Å². The van der Waals surface area contributed by atoms with Gasteiger partial charge in [-0.3, -0.25) is 9.69 Å². The molecule has 1 unspecified atom stereocenters. The second-order valence-corrected chi connectivity index (χ2v) is 8.56. The number of amides is 1. The number of methoxy groups -OCH3 is 1. The van der Waals surface area contributed by atoms with Crippen molar-refractivity contribution in [2.45, 2.75) is 26.1 Å². The molecule has 0 N–H and O–H groups in total. The summed E-state index contributed by atoms with van der Waals surface area (Å²) in [5, 5.41) is 0. The Balaban J connectivity index is 1.41. The molecule has 1 heterocycles. The van der Waals surface area contributed by atoms with Crippen LogP contribution in [-0.2, 0) is 17.9 Å². The predicted molar refractivity (Wildman–Crippen MR) is 133 cm³/mol. The molecule has 1 aliphatic rings. The largest absolute Gasteiger partial charge is 0.497 e. The summed E-state index contributed by atoms with van der Waals surface area (Å²) in [5.41, 5.74) is 3.50. The van der Waals surface area contributed by atoms with E-state index in [4.69, 9.17) is 4.74 Å². The van der Waals surface area contributed by atoms with Gasteiger partial charge in [0.15, 0.2) is 0 Å². The highest BCUT2D eigenvalue weighted by Crippen LogP contribution is 2.22. The number of carbonyl (C=O) groups excluding carboxylic acids is 1. The summed E-state index contributed by atoms with van der Waals surface area (Å²) in [7, 11) is 1.69. The average molecular weight is 444 g/mol. The Labute approximate surface area is 197 Å². The van der Waals surface area contributed by atoms with Crippen LogP contribution in [0.1, 0.15) is 18.1 Å². The van der Waals surface area contributed by atoms with E-state index in [2.05, 4.69) is 46.2 Å². The van der Waals surface area contributed by atoms with E-state index in [1.807, 2.05) is 60.4 Å². The summed E-state index contributed by atoms with van der Waals surface area (Å²) < 4.78 is 5.27. The van der Waals surface area contributed by atoms with E-state index in [0.29, 0.717) is 13.1 Å². The van der Waals surface area contributed by atoms with Gasteiger partial charge in [0.25, 0.3) is 0 Å². The van der Waals surface area contributed by atoms with Gasteiger partial charge in [-0.15, -0.1) is 0 Å². The molecule has 0 saturated carbocycles. The van der Waals surface area contributed by atoms with Crippen molar-refractivity contribution < 1.29 is 9.53 Å². The lowest BCUT2D eigenvalue weighted by molar-refractivity contribution is -0.137. The summed E-state index contributed by atoms with van der Waals surface area (Å²) in [6, 6.07) is 28.5. The molecule has 1 fully saturated rings. The summed E-state index contributed by atoms with van der Waals surface area (Å²) in [6.07, 6.45) is 0. The molecule has 0 aliphatic carbocycles. The number of nitrogens with zero attached hydrogens (tertiary/aromatic N) is 3. The van der Waals surface area contributed by atoms with Crippen LogP contribution in [0.2, 0.25) is 0 Å². The van der Waals surface area contributed by atoms with Gasteiger partial charge in [0.05, 0.1) is 13.2 Å². The highest BCUT2D eigenvalue weighted by molar-refractivity contribution is 5.81. The van der Waals surface area contributed by atoms with Crippen LogP contribution in [0.3, 0.4) is 0 Å². The number of ether oxygens (including phenoxy) is 1. The van der Waals surface area contributed by atoms with Gasteiger partial charge in [0, 0.05) is 45.0 Å². The van der Waals surface area contributed by atoms with Gasteiger partial charge in [-0.25, -0.2) is 0 Å². The molecule has 1 amide bonds. The maximum Gasteiger partial charge on any atom is 0.240 e. The number of benzene rings is 3. The lowest BCUT2D eigenvalue weighted by atomic mass is 10.1. The van der Waals surface area contributed by atoms with Crippen molar-refractivity contribution in [1.29, 1.82) is 0 Å². The Morgan fingerprint density at radius 3 is 1.82 bits per heavy atom. The minimum atomic E-state index is -0.157. The lowest BCUT2D eigenvalue weighted by Gasteiger charge is -2.40. The highest BCUT2D eigenvalue weighted by Gasteiger charge is 2.29. The van der Waals surface area contributed by atoms with Gasteiger partial charge in [-0.1, -0.05) is 60.7 Å². The molecule has 5 nitrogen and oxygen atoms in total. The fraction of sp³-hybridized carbons (Fsp3) is 0.321. The number of rotatable bonds is 8. The Bertz CT molecular complexity index is 959. The van der Waals surface area contributed by atoms with E-state index >= 15 is 0 Å². The van der Waals surface area contributed by atoms with Gasteiger partial charge < -0.3 is 14.5 Å². The fourth-order valence-corrected chi connectivity index (χ4v) is 4.40. The molecular formula is C28H33N3O2.